The fourth-order valence-electron chi connectivity index (χ4n) is 2.63. The van der Waals surface area contributed by atoms with Crippen LogP contribution in [-0.2, 0) is 11.2 Å². The fraction of sp³-hybridized carbons (Fsp3) is 0.667. The standard InChI is InChI=1S/C18H31NO/c1-5-15(2)11-18(14-19-9-10-20-4)13-17-8-6-7-16(3)12-17/h6-8,12,15,18-19H,5,9-11,13-14H2,1-4H3. The molecule has 0 saturated heterocycles. The number of aryl methyl sites for hydroxylation is 1. The van der Waals surface area contributed by atoms with Crippen molar-refractivity contribution in [3.8, 4) is 0 Å². The van der Waals surface area contributed by atoms with Crippen LogP contribution in [-0.4, -0.2) is 26.8 Å². The second kappa shape index (κ2) is 9.95. The van der Waals surface area contributed by atoms with Crippen molar-refractivity contribution in [1.29, 1.82) is 0 Å². The average molecular weight is 277 g/mol. The molecule has 0 saturated carbocycles. The van der Waals surface area contributed by atoms with Crippen LogP contribution in [0.2, 0.25) is 0 Å². The van der Waals surface area contributed by atoms with Gasteiger partial charge < -0.3 is 10.1 Å². The molecule has 0 aliphatic rings. The van der Waals surface area contributed by atoms with Gasteiger partial charge in [0, 0.05) is 13.7 Å². The maximum Gasteiger partial charge on any atom is 0.0587 e. The molecule has 0 fully saturated rings. The highest BCUT2D eigenvalue weighted by Crippen LogP contribution is 2.19. The Labute approximate surface area is 124 Å². The van der Waals surface area contributed by atoms with E-state index < -0.39 is 0 Å². The third-order valence-electron chi connectivity index (χ3n) is 3.96. The molecule has 2 unspecified atom stereocenters. The van der Waals surface area contributed by atoms with Gasteiger partial charge in [-0.05, 0) is 43.7 Å². The number of nitrogens with one attached hydrogen (secondary N) is 1. The Morgan fingerprint density at radius 1 is 1.30 bits per heavy atom. The summed E-state index contributed by atoms with van der Waals surface area (Å²) in [5.74, 6) is 1.51. The van der Waals surface area contributed by atoms with Gasteiger partial charge in [-0.3, -0.25) is 0 Å². The summed E-state index contributed by atoms with van der Waals surface area (Å²) < 4.78 is 5.10. The minimum absolute atomic E-state index is 0.712. The first-order chi connectivity index (χ1) is 9.65. The molecular weight excluding hydrogens is 246 g/mol. The molecule has 20 heavy (non-hydrogen) atoms. The molecule has 2 heteroatoms. The molecule has 2 nitrogen and oxygen atoms in total. The van der Waals surface area contributed by atoms with Gasteiger partial charge in [0.05, 0.1) is 6.61 Å². The predicted octanol–water partition coefficient (Wildman–Crippen LogP) is 3.83. The molecule has 114 valence electrons. The molecule has 1 rings (SSSR count). The number of hydrogen-bond donors (Lipinski definition) is 1. The molecule has 0 amide bonds. The first kappa shape index (κ1) is 17.2. The van der Waals surface area contributed by atoms with Crippen LogP contribution >= 0.6 is 0 Å². The Bertz CT molecular complexity index is 364. The van der Waals surface area contributed by atoms with Crippen LogP contribution in [0.15, 0.2) is 24.3 Å². The smallest absolute Gasteiger partial charge is 0.0587 e. The first-order valence-corrected chi connectivity index (χ1v) is 7.90. The quantitative estimate of drug-likeness (QED) is 0.656. The third-order valence-corrected chi connectivity index (χ3v) is 3.96. The molecule has 0 aliphatic heterocycles. The number of hydrogen-bond acceptors (Lipinski definition) is 2. The van der Waals surface area contributed by atoms with E-state index in [9.17, 15) is 0 Å². The van der Waals surface area contributed by atoms with Crippen molar-refractivity contribution in [1.82, 2.24) is 5.32 Å². The lowest BCUT2D eigenvalue weighted by atomic mass is 9.88. The zero-order valence-electron chi connectivity index (χ0n) is 13.6. The van der Waals surface area contributed by atoms with Gasteiger partial charge >= 0.3 is 0 Å². The predicted molar refractivity (Wildman–Crippen MR) is 87.2 cm³/mol. The molecular formula is C18H31NO. The Balaban J connectivity index is 2.52. The molecule has 0 heterocycles. The zero-order valence-corrected chi connectivity index (χ0v) is 13.6. The van der Waals surface area contributed by atoms with Gasteiger partial charge in [-0.25, -0.2) is 0 Å². The van der Waals surface area contributed by atoms with Gasteiger partial charge in [0.2, 0.25) is 0 Å². The molecule has 0 radical (unpaired) electrons. The lowest BCUT2D eigenvalue weighted by molar-refractivity contribution is 0.196. The van der Waals surface area contributed by atoms with Crippen molar-refractivity contribution >= 4 is 0 Å². The summed E-state index contributed by atoms with van der Waals surface area (Å²) in [7, 11) is 1.76. The summed E-state index contributed by atoms with van der Waals surface area (Å²) in [6, 6.07) is 8.91. The van der Waals surface area contributed by atoms with Gasteiger partial charge in [0.25, 0.3) is 0 Å². The number of benzene rings is 1. The largest absolute Gasteiger partial charge is 0.383 e. The van der Waals surface area contributed by atoms with E-state index in [4.69, 9.17) is 4.74 Å². The van der Waals surface area contributed by atoms with Gasteiger partial charge in [0.15, 0.2) is 0 Å². The molecule has 1 aromatic carbocycles. The summed E-state index contributed by atoms with van der Waals surface area (Å²) in [5.41, 5.74) is 2.82. The van der Waals surface area contributed by atoms with Crippen LogP contribution in [0.1, 0.15) is 37.8 Å². The Hall–Kier alpha value is -0.860. The second-order valence-electron chi connectivity index (χ2n) is 6.01. The zero-order chi connectivity index (χ0) is 14.8. The molecule has 1 N–H and O–H groups in total. The Morgan fingerprint density at radius 3 is 2.75 bits per heavy atom. The van der Waals surface area contributed by atoms with E-state index in [2.05, 4.69) is 50.4 Å². The summed E-state index contributed by atoms with van der Waals surface area (Å²) in [6.07, 6.45) is 3.73. The van der Waals surface area contributed by atoms with Gasteiger partial charge in [-0.2, -0.15) is 0 Å². The Kier molecular flexibility index (Phi) is 8.56. The molecule has 0 bridgehead atoms. The van der Waals surface area contributed by atoms with Crippen LogP contribution in [0, 0.1) is 18.8 Å². The summed E-state index contributed by atoms with van der Waals surface area (Å²) in [6.45, 7) is 9.64. The number of ether oxygens (including phenoxy) is 1. The highest BCUT2D eigenvalue weighted by Gasteiger charge is 2.13. The SMILES string of the molecule is CCC(C)CC(CNCCOC)Cc1cccc(C)c1. The number of methoxy groups -OCH3 is 1. The van der Waals surface area contributed by atoms with Crippen molar-refractivity contribution in [2.24, 2.45) is 11.8 Å². The van der Waals surface area contributed by atoms with Crippen molar-refractivity contribution in [3.63, 3.8) is 0 Å². The average Bonchev–Trinajstić information content (AvgIpc) is 2.43. The second-order valence-corrected chi connectivity index (χ2v) is 6.01. The van der Waals surface area contributed by atoms with Crippen molar-refractivity contribution in [2.75, 3.05) is 26.8 Å². The third kappa shape index (κ3) is 7.06. The van der Waals surface area contributed by atoms with Crippen LogP contribution in [0.4, 0.5) is 0 Å². The van der Waals surface area contributed by atoms with Crippen LogP contribution < -0.4 is 5.32 Å². The van der Waals surface area contributed by atoms with E-state index in [0.29, 0.717) is 5.92 Å². The minimum Gasteiger partial charge on any atom is -0.383 e. The molecule has 2 atom stereocenters. The summed E-state index contributed by atoms with van der Waals surface area (Å²) in [5, 5.41) is 3.53. The highest BCUT2D eigenvalue weighted by atomic mass is 16.5. The lowest BCUT2D eigenvalue weighted by Crippen LogP contribution is -2.28. The van der Waals surface area contributed by atoms with Crippen LogP contribution in [0.5, 0.6) is 0 Å². The maximum atomic E-state index is 5.10. The van der Waals surface area contributed by atoms with Gasteiger partial charge in [-0.1, -0.05) is 50.1 Å². The summed E-state index contributed by atoms with van der Waals surface area (Å²) >= 11 is 0. The molecule has 1 aromatic rings. The summed E-state index contributed by atoms with van der Waals surface area (Å²) in [4.78, 5) is 0. The topological polar surface area (TPSA) is 21.3 Å². The van der Waals surface area contributed by atoms with E-state index >= 15 is 0 Å². The molecule has 0 spiro atoms. The van der Waals surface area contributed by atoms with Gasteiger partial charge in [0.1, 0.15) is 0 Å². The maximum absolute atomic E-state index is 5.10. The van der Waals surface area contributed by atoms with Crippen molar-refractivity contribution < 1.29 is 4.74 Å². The van der Waals surface area contributed by atoms with Crippen LogP contribution in [0.3, 0.4) is 0 Å². The van der Waals surface area contributed by atoms with Crippen LogP contribution in [0.25, 0.3) is 0 Å². The minimum atomic E-state index is 0.712. The van der Waals surface area contributed by atoms with Gasteiger partial charge in [-0.15, -0.1) is 0 Å². The van der Waals surface area contributed by atoms with E-state index in [1.54, 1.807) is 7.11 Å². The Morgan fingerprint density at radius 2 is 2.10 bits per heavy atom. The van der Waals surface area contributed by atoms with E-state index in [0.717, 1.165) is 25.6 Å². The van der Waals surface area contributed by atoms with E-state index in [1.807, 2.05) is 0 Å². The number of rotatable bonds is 10. The van der Waals surface area contributed by atoms with Crippen molar-refractivity contribution in [2.45, 2.75) is 40.0 Å². The van der Waals surface area contributed by atoms with Crippen molar-refractivity contribution in [3.05, 3.63) is 35.4 Å². The highest BCUT2D eigenvalue weighted by molar-refractivity contribution is 5.22. The van der Waals surface area contributed by atoms with E-state index in [1.165, 1.54) is 30.4 Å². The monoisotopic (exact) mass is 277 g/mol. The van der Waals surface area contributed by atoms with E-state index in [-0.39, 0.29) is 0 Å². The fourth-order valence-corrected chi connectivity index (χ4v) is 2.63. The molecule has 0 aliphatic carbocycles. The first-order valence-electron chi connectivity index (χ1n) is 7.90. The lowest BCUT2D eigenvalue weighted by Gasteiger charge is -2.21. The molecule has 0 aromatic heterocycles. The normalized spacial score (nSPS) is 14.2.